The molecule has 1 N–H and O–H groups in total. The highest BCUT2D eigenvalue weighted by molar-refractivity contribution is 8.13. The second kappa shape index (κ2) is 7.28. The number of rotatable bonds is 1. The van der Waals surface area contributed by atoms with Gasteiger partial charge in [0.1, 0.15) is 0 Å². The van der Waals surface area contributed by atoms with E-state index in [-0.39, 0.29) is 10.9 Å². The maximum absolute atomic E-state index is 12.4. The number of aryl methyl sites for hydroxylation is 1. The molecule has 0 bridgehead atoms. The van der Waals surface area contributed by atoms with E-state index in [1.807, 2.05) is 44.2 Å². The van der Waals surface area contributed by atoms with E-state index in [9.17, 15) is 4.79 Å². The van der Waals surface area contributed by atoms with Crippen LogP contribution in [0.5, 0.6) is 0 Å². The quantitative estimate of drug-likeness (QED) is 0.548. The summed E-state index contributed by atoms with van der Waals surface area (Å²) in [6, 6.07) is 9.55. The summed E-state index contributed by atoms with van der Waals surface area (Å²) in [6.07, 6.45) is 5.28. The molecule has 1 aromatic carbocycles. The summed E-state index contributed by atoms with van der Waals surface area (Å²) >= 11 is 1.24. The first-order valence-corrected chi connectivity index (χ1v) is 8.61. The number of nitrogens with zero attached hydrogens (tertiary/aromatic N) is 3. The van der Waals surface area contributed by atoms with Crippen molar-refractivity contribution in [3.8, 4) is 11.1 Å². The first kappa shape index (κ1) is 17.0. The summed E-state index contributed by atoms with van der Waals surface area (Å²) in [5, 5.41) is 8.21. The minimum atomic E-state index is -0.208. The van der Waals surface area contributed by atoms with E-state index in [2.05, 4.69) is 4.98 Å². The number of pyridine rings is 1. The van der Waals surface area contributed by atoms with E-state index in [1.165, 1.54) is 16.3 Å². The van der Waals surface area contributed by atoms with Crippen LogP contribution in [-0.4, -0.2) is 25.5 Å². The molecule has 0 saturated carbocycles. The molecular weight excluding hydrogens is 308 g/mol. The molecule has 0 radical (unpaired) electrons. The molecule has 0 unspecified atom stereocenters. The number of imidazole rings is 1. The second-order valence-corrected chi connectivity index (χ2v) is 5.40. The molecule has 5 nitrogen and oxygen atoms in total. The SMILES string of the molecule is CC.CSC(=N)n1c(=O)n(C)c2c(-c3cccnc3)cccc21. The Morgan fingerprint density at radius 2 is 1.96 bits per heavy atom. The van der Waals surface area contributed by atoms with Gasteiger partial charge in [0.05, 0.1) is 11.0 Å². The van der Waals surface area contributed by atoms with Crippen LogP contribution in [0.4, 0.5) is 0 Å². The van der Waals surface area contributed by atoms with E-state index in [4.69, 9.17) is 5.41 Å². The highest BCUT2D eigenvalue weighted by Crippen LogP contribution is 2.27. The van der Waals surface area contributed by atoms with Crippen molar-refractivity contribution in [3.63, 3.8) is 0 Å². The van der Waals surface area contributed by atoms with Gasteiger partial charge >= 0.3 is 5.69 Å². The average molecular weight is 328 g/mol. The van der Waals surface area contributed by atoms with Gasteiger partial charge in [-0.2, -0.15) is 0 Å². The highest BCUT2D eigenvalue weighted by atomic mass is 32.2. The summed E-state index contributed by atoms with van der Waals surface area (Å²) in [5.41, 5.74) is 3.23. The Hall–Kier alpha value is -2.34. The topological polar surface area (TPSA) is 63.7 Å². The fourth-order valence-electron chi connectivity index (χ4n) is 2.46. The van der Waals surface area contributed by atoms with Crippen molar-refractivity contribution in [2.24, 2.45) is 7.05 Å². The fourth-order valence-corrected chi connectivity index (χ4v) is 2.81. The van der Waals surface area contributed by atoms with Crippen LogP contribution in [0.3, 0.4) is 0 Å². The minimum Gasteiger partial charge on any atom is -0.294 e. The number of para-hydroxylation sites is 1. The molecule has 2 aromatic heterocycles. The summed E-state index contributed by atoms with van der Waals surface area (Å²) in [6.45, 7) is 4.00. The number of benzene rings is 1. The number of fused-ring (bicyclic) bond motifs is 1. The number of nitrogens with one attached hydrogen (secondary N) is 1. The van der Waals surface area contributed by atoms with Gasteiger partial charge in [-0.1, -0.05) is 43.8 Å². The standard InChI is InChI=1S/C15H14N4OS.C2H6/c1-18-13-11(10-5-4-8-17-9-10)6-3-7-12(13)19(15(18)20)14(16)21-2;1-2/h3-9,16H,1-2H3;1-2H3. The maximum atomic E-state index is 12.4. The van der Waals surface area contributed by atoms with Crippen molar-refractivity contribution in [2.45, 2.75) is 13.8 Å². The fraction of sp³-hybridized carbons (Fsp3) is 0.235. The Balaban J connectivity index is 0.000000924. The number of aromatic nitrogens is 3. The molecule has 0 aliphatic carbocycles. The molecule has 3 aromatic rings. The van der Waals surface area contributed by atoms with Crippen molar-refractivity contribution in [1.29, 1.82) is 5.41 Å². The van der Waals surface area contributed by atoms with E-state index >= 15 is 0 Å². The lowest BCUT2D eigenvalue weighted by atomic mass is 10.1. The molecule has 0 spiro atoms. The van der Waals surface area contributed by atoms with Crippen molar-refractivity contribution in [1.82, 2.24) is 14.1 Å². The van der Waals surface area contributed by atoms with E-state index in [1.54, 1.807) is 30.3 Å². The lowest BCUT2D eigenvalue weighted by Crippen LogP contribution is -2.25. The third-order valence-corrected chi connectivity index (χ3v) is 4.01. The molecule has 0 saturated heterocycles. The zero-order valence-electron chi connectivity index (χ0n) is 13.7. The van der Waals surface area contributed by atoms with Gasteiger partial charge in [0.2, 0.25) is 0 Å². The van der Waals surface area contributed by atoms with E-state index < -0.39 is 0 Å². The number of hydrogen-bond acceptors (Lipinski definition) is 4. The molecular formula is C17H20N4OS. The predicted octanol–water partition coefficient (Wildman–Crippen LogP) is 3.57. The molecule has 6 heteroatoms. The second-order valence-electron chi connectivity index (χ2n) is 4.60. The monoisotopic (exact) mass is 328 g/mol. The number of thioether (sulfide) groups is 1. The predicted molar refractivity (Wildman–Crippen MR) is 98.4 cm³/mol. The molecule has 120 valence electrons. The highest BCUT2D eigenvalue weighted by Gasteiger charge is 2.17. The smallest absolute Gasteiger partial charge is 0.294 e. The molecule has 0 aliphatic rings. The third kappa shape index (κ3) is 2.94. The van der Waals surface area contributed by atoms with Crippen molar-refractivity contribution < 1.29 is 0 Å². The van der Waals surface area contributed by atoms with Crippen LogP contribution in [0.15, 0.2) is 47.5 Å². The van der Waals surface area contributed by atoms with Crippen LogP contribution in [0.1, 0.15) is 13.8 Å². The van der Waals surface area contributed by atoms with Gasteiger partial charge < -0.3 is 0 Å². The first-order chi connectivity index (χ1) is 11.1. The van der Waals surface area contributed by atoms with Crippen LogP contribution in [0.2, 0.25) is 0 Å². The lowest BCUT2D eigenvalue weighted by Gasteiger charge is -2.05. The van der Waals surface area contributed by atoms with Crippen molar-refractivity contribution in [2.75, 3.05) is 6.26 Å². The average Bonchev–Trinajstić information content (AvgIpc) is 2.88. The van der Waals surface area contributed by atoms with E-state index in [0.29, 0.717) is 0 Å². The summed E-state index contributed by atoms with van der Waals surface area (Å²) in [7, 11) is 1.73. The van der Waals surface area contributed by atoms with Crippen molar-refractivity contribution in [3.05, 3.63) is 53.2 Å². The summed E-state index contributed by atoms with van der Waals surface area (Å²) < 4.78 is 3.02. The molecule has 2 heterocycles. The maximum Gasteiger partial charge on any atom is 0.335 e. The normalized spacial score (nSPS) is 10.3. The lowest BCUT2D eigenvalue weighted by molar-refractivity contribution is 0.865. The van der Waals surface area contributed by atoms with Gasteiger partial charge in [0, 0.05) is 30.6 Å². The van der Waals surface area contributed by atoms with Crippen LogP contribution < -0.4 is 5.69 Å². The van der Waals surface area contributed by atoms with Gasteiger partial charge in [0.15, 0.2) is 5.17 Å². The molecule has 23 heavy (non-hydrogen) atoms. The van der Waals surface area contributed by atoms with Gasteiger partial charge in [-0.3, -0.25) is 15.0 Å². The van der Waals surface area contributed by atoms with Crippen LogP contribution >= 0.6 is 11.8 Å². The Bertz CT molecular complexity index is 881. The van der Waals surface area contributed by atoms with Crippen LogP contribution in [-0.2, 0) is 7.05 Å². The van der Waals surface area contributed by atoms with E-state index in [0.717, 1.165) is 22.2 Å². The van der Waals surface area contributed by atoms with Crippen molar-refractivity contribution >= 4 is 28.0 Å². The third-order valence-electron chi connectivity index (χ3n) is 3.44. The molecule has 3 rings (SSSR count). The van der Waals surface area contributed by atoms with Gasteiger partial charge in [-0.15, -0.1) is 0 Å². The summed E-state index contributed by atoms with van der Waals surface area (Å²) in [4.78, 5) is 16.6. The molecule has 0 amide bonds. The van der Waals surface area contributed by atoms with Crippen LogP contribution in [0.25, 0.3) is 22.2 Å². The van der Waals surface area contributed by atoms with Crippen LogP contribution in [0, 0.1) is 5.41 Å². The summed E-state index contributed by atoms with van der Waals surface area (Å²) in [5.74, 6) is 0. The zero-order chi connectivity index (χ0) is 17.0. The van der Waals surface area contributed by atoms with Gasteiger partial charge in [-0.05, 0) is 18.4 Å². The minimum absolute atomic E-state index is 0.208. The molecule has 0 atom stereocenters. The molecule has 0 fully saturated rings. The first-order valence-electron chi connectivity index (χ1n) is 7.39. The van der Waals surface area contributed by atoms with Gasteiger partial charge in [-0.25, -0.2) is 9.36 Å². The Labute approximate surface area is 139 Å². The number of hydrogen-bond donors (Lipinski definition) is 1. The molecule has 0 aliphatic heterocycles. The largest absolute Gasteiger partial charge is 0.335 e. The Morgan fingerprint density at radius 1 is 1.22 bits per heavy atom. The van der Waals surface area contributed by atoms with Gasteiger partial charge in [0.25, 0.3) is 0 Å². The Morgan fingerprint density at radius 3 is 2.57 bits per heavy atom. The Kier molecular flexibility index (Phi) is 5.39. The zero-order valence-corrected chi connectivity index (χ0v) is 14.5.